The molecule has 18 heavy (non-hydrogen) atoms. The molecule has 2 rings (SSSR count). The van der Waals surface area contributed by atoms with E-state index in [1.165, 1.54) is 6.20 Å². The number of aromatic nitrogens is 1. The summed E-state index contributed by atoms with van der Waals surface area (Å²) in [6.07, 6.45) is 1.50. The lowest BCUT2D eigenvalue weighted by atomic mass is 10.0. The molecule has 5 heteroatoms. The van der Waals surface area contributed by atoms with Gasteiger partial charge in [-0.2, -0.15) is 9.65 Å². The average molecular weight is 281 g/mol. The predicted molar refractivity (Wildman–Crippen MR) is 69.0 cm³/mol. The second-order valence-electron chi connectivity index (χ2n) is 3.62. The summed E-state index contributed by atoms with van der Waals surface area (Å²) in [6, 6.07) is 8.51. The van der Waals surface area contributed by atoms with E-state index in [1.807, 2.05) is 6.07 Å². The molecule has 0 atom stereocenters. The van der Waals surface area contributed by atoms with Crippen LogP contribution in [0.25, 0.3) is 11.1 Å². The van der Waals surface area contributed by atoms with Crippen LogP contribution in [0.2, 0.25) is 10.0 Å². The molecule has 1 aromatic heterocycles. The van der Waals surface area contributed by atoms with Crippen LogP contribution in [0.1, 0.15) is 5.56 Å². The Bertz CT molecular complexity index is 635. The molecule has 0 fully saturated rings. The minimum Gasteiger partial charge on any atom is -0.227 e. The van der Waals surface area contributed by atoms with Gasteiger partial charge in [0.2, 0.25) is 5.95 Å². The number of pyridine rings is 1. The molecule has 0 aliphatic rings. The van der Waals surface area contributed by atoms with E-state index >= 15 is 0 Å². The van der Waals surface area contributed by atoms with Crippen molar-refractivity contribution in [3.63, 3.8) is 0 Å². The standard InChI is InChI=1S/C13H7Cl2FN2/c14-11-3-1-2-9(12(11)15)10-6-8(4-5-17)7-18-13(10)16/h1-3,6-7H,4H2. The Morgan fingerprint density at radius 1 is 1.28 bits per heavy atom. The van der Waals surface area contributed by atoms with Crippen molar-refractivity contribution in [2.24, 2.45) is 0 Å². The third-order valence-electron chi connectivity index (χ3n) is 2.42. The molecule has 2 aromatic rings. The van der Waals surface area contributed by atoms with Gasteiger partial charge in [0.25, 0.3) is 0 Å². The molecule has 0 radical (unpaired) electrons. The number of hydrogen-bond acceptors (Lipinski definition) is 2. The molecular formula is C13H7Cl2FN2. The molecule has 90 valence electrons. The highest BCUT2D eigenvalue weighted by molar-refractivity contribution is 6.43. The molecule has 0 spiro atoms. The highest BCUT2D eigenvalue weighted by atomic mass is 35.5. The minimum absolute atomic E-state index is 0.165. The first-order chi connectivity index (χ1) is 8.63. The van der Waals surface area contributed by atoms with Crippen LogP contribution in [0.5, 0.6) is 0 Å². The van der Waals surface area contributed by atoms with Gasteiger partial charge in [-0.1, -0.05) is 35.3 Å². The number of benzene rings is 1. The van der Waals surface area contributed by atoms with E-state index < -0.39 is 5.95 Å². The SMILES string of the molecule is N#CCc1cnc(F)c(-c2cccc(Cl)c2Cl)c1. The highest BCUT2D eigenvalue weighted by Crippen LogP contribution is 2.34. The van der Waals surface area contributed by atoms with Crippen molar-refractivity contribution >= 4 is 23.2 Å². The topological polar surface area (TPSA) is 36.7 Å². The van der Waals surface area contributed by atoms with Crippen molar-refractivity contribution in [1.82, 2.24) is 4.98 Å². The summed E-state index contributed by atoms with van der Waals surface area (Å²) in [5.41, 5.74) is 1.34. The Balaban J connectivity index is 2.60. The Kier molecular flexibility index (Phi) is 3.81. The molecular weight excluding hydrogens is 274 g/mol. The average Bonchev–Trinajstić information content (AvgIpc) is 2.36. The Morgan fingerprint density at radius 2 is 2.06 bits per heavy atom. The van der Waals surface area contributed by atoms with Gasteiger partial charge < -0.3 is 0 Å². The zero-order valence-electron chi connectivity index (χ0n) is 9.12. The molecule has 0 saturated carbocycles. The molecule has 0 amide bonds. The maximum absolute atomic E-state index is 13.7. The van der Waals surface area contributed by atoms with E-state index in [0.29, 0.717) is 16.1 Å². The van der Waals surface area contributed by atoms with Crippen LogP contribution in [0.4, 0.5) is 4.39 Å². The summed E-state index contributed by atoms with van der Waals surface area (Å²) in [5.74, 6) is -0.638. The van der Waals surface area contributed by atoms with Gasteiger partial charge in [-0.3, -0.25) is 0 Å². The lowest BCUT2D eigenvalue weighted by molar-refractivity contribution is 0.586. The van der Waals surface area contributed by atoms with Gasteiger partial charge in [0.1, 0.15) is 0 Å². The van der Waals surface area contributed by atoms with Gasteiger partial charge in [0.05, 0.1) is 22.5 Å². The number of nitriles is 1. The molecule has 2 nitrogen and oxygen atoms in total. The summed E-state index contributed by atoms with van der Waals surface area (Å²) in [5, 5.41) is 9.25. The van der Waals surface area contributed by atoms with Gasteiger partial charge in [-0.05, 0) is 17.7 Å². The normalized spacial score (nSPS) is 10.1. The van der Waals surface area contributed by atoms with Gasteiger partial charge in [-0.15, -0.1) is 0 Å². The van der Waals surface area contributed by atoms with Crippen LogP contribution in [0.15, 0.2) is 30.5 Å². The van der Waals surface area contributed by atoms with E-state index in [9.17, 15) is 4.39 Å². The Hall–Kier alpha value is -1.63. The van der Waals surface area contributed by atoms with Crippen LogP contribution in [0.3, 0.4) is 0 Å². The third-order valence-corrected chi connectivity index (χ3v) is 3.24. The Labute approximate surface area is 114 Å². The van der Waals surface area contributed by atoms with E-state index in [4.69, 9.17) is 28.5 Å². The molecule has 0 aliphatic carbocycles. The highest BCUT2D eigenvalue weighted by Gasteiger charge is 2.12. The van der Waals surface area contributed by atoms with Crippen molar-refractivity contribution in [1.29, 1.82) is 5.26 Å². The molecule has 0 saturated heterocycles. The predicted octanol–water partition coefficient (Wildman–Crippen LogP) is 4.26. The summed E-state index contributed by atoms with van der Waals surface area (Å²) >= 11 is 11.9. The van der Waals surface area contributed by atoms with Gasteiger partial charge >= 0.3 is 0 Å². The van der Waals surface area contributed by atoms with Crippen LogP contribution >= 0.6 is 23.2 Å². The molecule has 0 unspecified atom stereocenters. The summed E-state index contributed by atoms with van der Waals surface area (Å²) in [7, 11) is 0. The molecule has 0 aliphatic heterocycles. The van der Waals surface area contributed by atoms with Crippen molar-refractivity contribution < 1.29 is 4.39 Å². The van der Waals surface area contributed by atoms with Gasteiger partial charge in [-0.25, -0.2) is 4.98 Å². The van der Waals surface area contributed by atoms with Crippen LogP contribution in [-0.2, 0) is 6.42 Å². The zero-order valence-corrected chi connectivity index (χ0v) is 10.6. The van der Waals surface area contributed by atoms with Crippen molar-refractivity contribution in [2.45, 2.75) is 6.42 Å². The third kappa shape index (κ3) is 2.45. The van der Waals surface area contributed by atoms with Gasteiger partial charge in [0.15, 0.2) is 0 Å². The summed E-state index contributed by atoms with van der Waals surface area (Å²) in [6.45, 7) is 0. The van der Waals surface area contributed by atoms with Crippen LogP contribution in [-0.4, -0.2) is 4.98 Å². The van der Waals surface area contributed by atoms with Crippen LogP contribution in [0, 0.1) is 17.3 Å². The van der Waals surface area contributed by atoms with Crippen LogP contribution < -0.4 is 0 Å². The van der Waals surface area contributed by atoms with E-state index in [2.05, 4.69) is 4.98 Å². The first kappa shape index (κ1) is 12.8. The maximum atomic E-state index is 13.7. The van der Waals surface area contributed by atoms with Crippen molar-refractivity contribution in [3.05, 3.63) is 52.0 Å². The fourth-order valence-electron chi connectivity index (χ4n) is 1.58. The van der Waals surface area contributed by atoms with E-state index in [1.54, 1.807) is 24.3 Å². The number of rotatable bonds is 2. The quantitative estimate of drug-likeness (QED) is 0.771. The van der Waals surface area contributed by atoms with Crippen molar-refractivity contribution in [3.8, 4) is 17.2 Å². The van der Waals surface area contributed by atoms with Gasteiger partial charge in [0, 0.05) is 17.3 Å². The lowest BCUT2D eigenvalue weighted by Gasteiger charge is -2.07. The van der Waals surface area contributed by atoms with E-state index in [0.717, 1.165) is 0 Å². The molecule has 1 heterocycles. The second kappa shape index (κ2) is 5.34. The summed E-state index contributed by atoms with van der Waals surface area (Å²) in [4.78, 5) is 3.63. The van der Waals surface area contributed by atoms with Crippen molar-refractivity contribution in [2.75, 3.05) is 0 Å². The van der Waals surface area contributed by atoms with E-state index in [-0.39, 0.29) is 17.0 Å². The first-order valence-electron chi connectivity index (χ1n) is 5.09. The molecule has 1 aromatic carbocycles. The largest absolute Gasteiger partial charge is 0.227 e. The Morgan fingerprint density at radius 3 is 2.78 bits per heavy atom. The number of halogens is 3. The fourth-order valence-corrected chi connectivity index (χ4v) is 1.98. The maximum Gasteiger partial charge on any atom is 0.220 e. The second-order valence-corrected chi connectivity index (χ2v) is 4.40. The monoisotopic (exact) mass is 280 g/mol. The smallest absolute Gasteiger partial charge is 0.220 e. The zero-order chi connectivity index (χ0) is 13.1. The number of nitrogens with zero attached hydrogens (tertiary/aromatic N) is 2. The first-order valence-corrected chi connectivity index (χ1v) is 5.85. The molecule has 0 N–H and O–H groups in total. The fraction of sp³-hybridized carbons (Fsp3) is 0.0769. The summed E-state index contributed by atoms with van der Waals surface area (Å²) < 4.78 is 13.7. The lowest BCUT2D eigenvalue weighted by Crippen LogP contribution is -1.93. The number of hydrogen-bond donors (Lipinski definition) is 0. The molecule has 0 bridgehead atoms. The minimum atomic E-state index is -0.638.